The molecule has 3 rings (SSSR count). The summed E-state index contributed by atoms with van der Waals surface area (Å²) < 4.78 is 0. The van der Waals surface area contributed by atoms with Crippen molar-refractivity contribution in [1.29, 1.82) is 0 Å². The number of aromatic amines is 1. The largest absolute Gasteiger partial charge is 0.349 e. The topological polar surface area (TPSA) is 45.8 Å². The van der Waals surface area contributed by atoms with Gasteiger partial charge in [0.1, 0.15) is 5.03 Å². The van der Waals surface area contributed by atoms with E-state index >= 15 is 0 Å². The van der Waals surface area contributed by atoms with E-state index in [9.17, 15) is 4.79 Å². The van der Waals surface area contributed by atoms with Crippen LogP contribution in [-0.4, -0.2) is 16.3 Å². The maximum atomic E-state index is 10.7. The summed E-state index contributed by atoms with van der Waals surface area (Å²) in [6.07, 6.45) is 2.42. The van der Waals surface area contributed by atoms with Crippen LogP contribution in [0.25, 0.3) is 10.9 Å². The molecule has 0 aliphatic rings. The fraction of sp³-hybridized carbons (Fsp3) is 0.0667. The molecule has 0 amide bonds. The number of benzene rings is 1. The van der Waals surface area contributed by atoms with E-state index in [-0.39, 0.29) is 0 Å². The number of rotatable bonds is 3. The second kappa shape index (κ2) is 4.90. The summed E-state index contributed by atoms with van der Waals surface area (Å²) in [5.74, 6) is 0. The highest BCUT2D eigenvalue weighted by molar-refractivity contribution is 7.99. The fourth-order valence-electron chi connectivity index (χ4n) is 1.96. The van der Waals surface area contributed by atoms with Gasteiger partial charge < -0.3 is 4.98 Å². The van der Waals surface area contributed by atoms with Crippen LogP contribution in [0, 0.1) is 6.92 Å². The minimum atomic E-state index is 0.610. The predicted molar refractivity (Wildman–Crippen MR) is 76.8 cm³/mol. The Morgan fingerprint density at radius 3 is 2.84 bits per heavy atom. The highest BCUT2D eigenvalue weighted by atomic mass is 32.2. The molecule has 0 aliphatic heterocycles. The van der Waals surface area contributed by atoms with Crippen molar-refractivity contribution in [2.75, 3.05) is 0 Å². The number of hydrogen-bond donors (Lipinski definition) is 1. The normalized spacial score (nSPS) is 10.8. The summed E-state index contributed by atoms with van der Waals surface area (Å²) in [5.41, 5.74) is 2.74. The highest BCUT2D eigenvalue weighted by Gasteiger charge is 2.06. The average molecular weight is 268 g/mol. The number of aryl methyl sites for hydroxylation is 1. The van der Waals surface area contributed by atoms with E-state index < -0.39 is 0 Å². The van der Waals surface area contributed by atoms with Crippen molar-refractivity contribution < 1.29 is 4.79 Å². The molecule has 1 aromatic carbocycles. The van der Waals surface area contributed by atoms with Gasteiger partial charge in [-0.2, -0.15) is 0 Å². The number of hydrogen-bond acceptors (Lipinski definition) is 3. The molecular weight excluding hydrogens is 256 g/mol. The number of nitrogens with zero attached hydrogens (tertiary/aromatic N) is 1. The molecule has 3 aromatic rings. The second-order valence-corrected chi connectivity index (χ2v) is 5.36. The van der Waals surface area contributed by atoms with Crippen LogP contribution in [0.4, 0.5) is 0 Å². The Balaban J connectivity index is 1.94. The number of carbonyl (C=O) groups is 1. The van der Waals surface area contributed by atoms with Crippen molar-refractivity contribution in [2.45, 2.75) is 17.0 Å². The Morgan fingerprint density at radius 2 is 2.11 bits per heavy atom. The van der Waals surface area contributed by atoms with Crippen LogP contribution < -0.4 is 0 Å². The smallest absolute Gasteiger partial charge is 0.151 e. The van der Waals surface area contributed by atoms with E-state index in [1.54, 1.807) is 18.0 Å². The molecule has 0 saturated carbocycles. The van der Waals surface area contributed by atoms with Gasteiger partial charge in [-0.25, -0.2) is 4.98 Å². The monoisotopic (exact) mass is 268 g/mol. The Hall–Kier alpha value is -2.07. The number of fused-ring (bicyclic) bond motifs is 1. The molecule has 3 nitrogen and oxygen atoms in total. The van der Waals surface area contributed by atoms with Crippen LogP contribution in [0.2, 0.25) is 0 Å². The van der Waals surface area contributed by atoms with Gasteiger partial charge in [0.15, 0.2) is 6.29 Å². The van der Waals surface area contributed by atoms with Crippen molar-refractivity contribution in [3.05, 3.63) is 53.7 Å². The minimum absolute atomic E-state index is 0.610. The molecule has 0 aliphatic carbocycles. The van der Waals surface area contributed by atoms with Crippen LogP contribution in [0.1, 0.15) is 15.9 Å². The molecule has 0 radical (unpaired) electrons. The molecule has 0 atom stereocenters. The third kappa shape index (κ3) is 2.39. The lowest BCUT2D eigenvalue weighted by molar-refractivity contribution is 0.112. The lowest BCUT2D eigenvalue weighted by Crippen LogP contribution is -1.89. The molecule has 0 spiro atoms. The molecule has 0 unspecified atom stereocenters. The maximum Gasteiger partial charge on any atom is 0.151 e. The summed E-state index contributed by atoms with van der Waals surface area (Å²) >= 11 is 1.58. The number of nitrogens with one attached hydrogen (secondary N) is 1. The SMILES string of the molecule is Cc1cc(C=O)cnc1Sc1cc2ccccc2[nH]1. The van der Waals surface area contributed by atoms with Gasteiger partial charge in [0.25, 0.3) is 0 Å². The third-order valence-electron chi connectivity index (χ3n) is 2.90. The van der Waals surface area contributed by atoms with Crippen LogP contribution in [-0.2, 0) is 0 Å². The Bertz CT molecular complexity index is 716. The lowest BCUT2D eigenvalue weighted by Gasteiger charge is -2.02. The maximum absolute atomic E-state index is 10.7. The summed E-state index contributed by atoms with van der Waals surface area (Å²) in [6, 6.07) is 12.1. The van der Waals surface area contributed by atoms with Crippen molar-refractivity contribution in [3.63, 3.8) is 0 Å². The Labute approximate surface area is 115 Å². The van der Waals surface area contributed by atoms with Gasteiger partial charge in [0.05, 0.1) is 5.03 Å². The van der Waals surface area contributed by atoms with Crippen molar-refractivity contribution in [2.24, 2.45) is 0 Å². The van der Waals surface area contributed by atoms with Crippen molar-refractivity contribution in [1.82, 2.24) is 9.97 Å². The first-order valence-corrected chi connectivity index (χ1v) is 6.75. The van der Waals surface area contributed by atoms with Crippen LogP contribution in [0.15, 0.2) is 52.6 Å². The van der Waals surface area contributed by atoms with E-state index in [0.29, 0.717) is 5.56 Å². The molecular formula is C15H12N2OS. The zero-order valence-corrected chi connectivity index (χ0v) is 11.2. The zero-order valence-electron chi connectivity index (χ0n) is 10.4. The van der Waals surface area contributed by atoms with Crippen LogP contribution >= 0.6 is 11.8 Å². The Kier molecular flexibility index (Phi) is 3.09. The van der Waals surface area contributed by atoms with Gasteiger partial charge in [-0.05, 0) is 30.7 Å². The number of aldehydes is 1. The van der Waals surface area contributed by atoms with Gasteiger partial charge in [0.2, 0.25) is 0 Å². The first kappa shape index (κ1) is 12.0. The van der Waals surface area contributed by atoms with Gasteiger partial charge in [-0.1, -0.05) is 30.0 Å². The van der Waals surface area contributed by atoms with Gasteiger partial charge in [0, 0.05) is 22.7 Å². The second-order valence-electron chi connectivity index (χ2n) is 4.33. The molecule has 94 valence electrons. The summed E-state index contributed by atoms with van der Waals surface area (Å²) in [6.45, 7) is 1.96. The summed E-state index contributed by atoms with van der Waals surface area (Å²) in [4.78, 5) is 18.4. The molecule has 0 bridgehead atoms. The van der Waals surface area contributed by atoms with E-state index in [2.05, 4.69) is 28.2 Å². The van der Waals surface area contributed by atoms with E-state index in [1.807, 2.05) is 25.1 Å². The molecule has 2 heterocycles. The minimum Gasteiger partial charge on any atom is -0.349 e. The molecule has 0 saturated heterocycles. The van der Waals surface area contributed by atoms with E-state index in [4.69, 9.17) is 0 Å². The van der Waals surface area contributed by atoms with Crippen LogP contribution in [0.5, 0.6) is 0 Å². The molecule has 4 heteroatoms. The molecule has 2 aromatic heterocycles. The summed E-state index contributed by atoms with van der Waals surface area (Å²) in [7, 11) is 0. The first-order chi connectivity index (χ1) is 9.26. The van der Waals surface area contributed by atoms with Gasteiger partial charge in [-0.3, -0.25) is 4.79 Å². The standard InChI is InChI=1S/C15H12N2OS/c1-10-6-11(9-18)8-16-15(10)19-14-7-12-4-2-3-5-13(12)17-14/h2-9,17H,1H3. The number of H-pyrrole nitrogens is 1. The van der Waals surface area contributed by atoms with Crippen molar-refractivity contribution in [3.8, 4) is 0 Å². The van der Waals surface area contributed by atoms with Crippen molar-refractivity contribution >= 4 is 29.0 Å². The Morgan fingerprint density at radius 1 is 1.26 bits per heavy atom. The molecule has 0 fully saturated rings. The number of pyridine rings is 1. The third-order valence-corrected chi connectivity index (χ3v) is 3.96. The number of para-hydroxylation sites is 1. The zero-order chi connectivity index (χ0) is 13.2. The van der Waals surface area contributed by atoms with Gasteiger partial charge >= 0.3 is 0 Å². The highest BCUT2D eigenvalue weighted by Crippen LogP contribution is 2.30. The first-order valence-electron chi connectivity index (χ1n) is 5.94. The van der Waals surface area contributed by atoms with Gasteiger partial charge in [-0.15, -0.1) is 0 Å². The number of carbonyl (C=O) groups excluding carboxylic acids is 1. The number of aromatic nitrogens is 2. The molecule has 19 heavy (non-hydrogen) atoms. The quantitative estimate of drug-likeness (QED) is 0.734. The lowest BCUT2D eigenvalue weighted by atomic mass is 10.2. The average Bonchev–Trinajstić information content (AvgIpc) is 2.83. The van der Waals surface area contributed by atoms with E-state index in [1.165, 1.54) is 5.39 Å². The molecule has 1 N–H and O–H groups in total. The fourth-order valence-corrected chi connectivity index (χ4v) is 2.84. The predicted octanol–water partition coefficient (Wildman–Crippen LogP) is 3.84. The summed E-state index contributed by atoms with van der Waals surface area (Å²) in [5, 5.41) is 3.15. The van der Waals surface area contributed by atoms with Crippen LogP contribution in [0.3, 0.4) is 0 Å². The van der Waals surface area contributed by atoms with E-state index in [0.717, 1.165) is 27.4 Å².